The Hall–Kier alpha value is -3.88. The van der Waals surface area contributed by atoms with E-state index < -0.39 is 16.0 Å². The number of halogens is 1. The zero-order valence-electron chi connectivity index (χ0n) is 20.2. The number of hydrogen-bond donors (Lipinski definition) is 1. The molecule has 0 saturated heterocycles. The number of aromatic carboxylic acids is 1. The molecular weight excluding hydrogens is 510 g/mol. The summed E-state index contributed by atoms with van der Waals surface area (Å²) < 4.78 is 31.5. The normalized spacial score (nSPS) is 11.8. The fraction of sp³-hybridized carbons (Fsp3) is 0.143. The van der Waals surface area contributed by atoms with Gasteiger partial charge in [0.05, 0.1) is 17.0 Å². The molecule has 0 spiro atoms. The molecule has 2 aromatic heterocycles. The van der Waals surface area contributed by atoms with Crippen molar-refractivity contribution in [2.75, 3.05) is 4.31 Å². The van der Waals surface area contributed by atoms with E-state index in [1.165, 1.54) is 28.6 Å². The lowest BCUT2D eigenvalue weighted by Crippen LogP contribution is -2.33. The molecule has 0 aliphatic carbocycles. The lowest BCUT2D eigenvalue weighted by atomic mass is 10.1. The lowest BCUT2D eigenvalue weighted by molar-refractivity contribution is 0.0696. The SMILES string of the molecule is CCn1c(CN(c2ncc3ccccc3c2C)S(=O)(=O)c2ccc(C(=O)O)cc2)cc2ccc(Cl)cc21. The first-order valence-corrected chi connectivity index (χ1v) is 13.5. The molecule has 5 rings (SSSR count). The Kier molecular flexibility index (Phi) is 6.39. The Balaban J connectivity index is 1.70. The monoisotopic (exact) mass is 533 g/mol. The average Bonchev–Trinajstić information content (AvgIpc) is 3.24. The van der Waals surface area contributed by atoms with E-state index in [0.717, 1.165) is 32.9 Å². The molecule has 0 radical (unpaired) electrons. The van der Waals surface area contributed by atoms with Gasteiger partial charge in [-0.05, 0) is 61.7 Å². The van der Waals surface area contributed by atoms with Gasteiger partial charge < -0.3 is 9.67 Å². The third-order valence-corrected chi connectivity index (χ3v) is 8.51. The first kappa shape index (κ1) is 24.8. The molecule has 0 unspecified atom stereocenters. The average molecular weight is 534 g/mol. The predicted molar refractivity (Wildman–Crippen MR) is 146 cm³/mol. The fourth-order valence-corrected chi connectivity index (χ4v) is 6.27. The number of anilines is 1. The minimum absolute atomic E-state index is 0.00787. The number of rotatable bonds is 7. The van der Waals surface area contributed by atoms with Crippen LogP contribution in [0.3, 0.4) is 0 Å². The van der Waals surface area contributed by atoms with Crippen LogP contribution in [0.5, 0.6) is 0 Å². The standard InChI is InChI=1S/C28H24ClN3O4S/c1-3-31-23(14-20-8-11-22(29)15-26(20)31)17-32(27-18(2)25-7-5-4-6-21(25)16-30-27)37(35,36)24-12-9-19(10-13-24)28(33)34/h4-16H,3,17H2,1-2H3,(H,33,34). The van der Waals surface area contributed by atoms with E-state index in [2.05, 4.69) is 4.98 Å². The van der Waals surface area contributed by atoms with Gasteiger partial charge in [0, 0.05) is 45.3 Å². The molecule has 188 valence electrons. The lowest BCUT2D eigenvalue weighted by Gasteiger charge is -2.26. The summed E-state index contributed by atoms with van der Waals surface area (Å²) in [5.74, 6) is -0.814. The van der Waals surface area contributed by atoms with Crippen molar-refractivity contribution in [2.45, 2.75) is 31.8 Å². The summed E-state index contributed by atoms with van der Waals surface area (Å²) in [6, 6.07) is 20.4. The number of aryl methyl sites for hydroxylation is 2. The molecule has 9 heteroatoms. The summed E-state index contributed by atoms with van der Waals surface area (Å²) in [5, 5.41) is 12.6. The number of carboxylic acids is 1. The number of fused-ring (bicyclic) bond motifs is 2. The zero-order valence-corrected chi connectivity index (χ0v) is 21.8. The largest absolute Gasteiger partial charge is 0.478 e. The highest BCUT2D eigenvalue weighted by Crippen LogP contribution is 2.33. The minimum atomic E-state index is -4.12. The van der Waals surface area contributed by atoms with Crippen molar-refractivity contribution >= 4 is 55.1 Å². The number of pyridine rings is 1. The van der Waals surface area contributed by atoms with Crippen LogP contribution in [0.2, 0.25) is 5.02 Å². The van der Waals surface area contributed by atoms with E-state index >= 15 is 0 Å². The Morgan fingerprint density at radius 3 is 2.46 bits per heavy atom. The molecule has 0 amide bonds. The predicted octanol–water partition coefficient (Wildman–Crippen LogP) is 6.26. The van der Waals surface area contributed by atoms with Crippen molar-refractivity contribution in [1.29, 1.82) is 0 Å². The third kappa shape index (κ3) is 4.43. The molecule has 0 atom stereocenters. The van der Waals surface area contributed by atoms with Crippen LogP contribution in [-0.2, 0) is 23.1 Å². The molecule has 5 aromatic rings. The minimum Gasteiger partial charge on any atom is -0.478 e. The molecule has 2 heterocycles. The number of carbonyl (C=O) groups is 1. The van der Waals surface area contributed by atoms with E-state index in [4.69, 9.17) is 11.6 Å². The molecule has 37 heavy (non-hydrogen) atoms. The van der Waals surface area contributed by atoms with Crippen LogP contribution in [0.25, 0.3) is 21.7 Å². The van der Waals surface area contributed by atoms with Crippen LogP contribution in [0.1, 0.15) is 28.5 Å². The fourth-order valence-electron chi connectivity index (χ4n) is 4.66. The number of sulfonamides is 1. The Bertz CT molecular complexity index is 1760. The van der Waals surface area contributed by atoms with E-state index in [1.807, 2.05) is 60.9 Å². The highest BCUT2D eigenvalue weighted by atomic mass is 35.5. The smallest absolute Gasteiger partial charge is 0.335 e. The maximum atomic E-state index is 14.1. The van der Waals surface area contributed by atoms with Crippen LogP contribution in [0, 0.1) is 6.92 Å². The van der Waals surface area contributed by atoms with E-state index in [0.29, 0.717) is 17.4 Å². The molecule has 3 aromatic carbocycles. The van der Waals surface area contributed by atoms with Crippen LogP contribution in [0.15, 0.2) is 83.9 Å². The van der Waals surface area contributed by atoms with Gasteiger partial charge >= 0.3 is 5.97 Å². The van der Waals surface area contributed by atoms with Crippen LogP contribution in [-0.4, -0.2) is 29.0 Å². The van der Waals surface area contributed by atoms with Gasteiger partial charge in [-0.25, -0.2) is 22.5 Å². The molecule has 0 saturated carbocycles. The van der Waals surface area contributed by atoms with Gasteiger partial charge in [-0.1, -0.05) is 41.9 Å². The van der Waals surface area contributed by atoms with Crippen molar-refractivity contribution in [3.63, 3.8) is 0 Å². The van der Waals surface area contributed by atoms with Crippen molar-refractivity contribution in [3.05, 3.63) is 101 Å². The number of hydrogen-bond acceptors (Lipinski definition) is 4. The van der Waals surface area contributed by atoms with E-state index in [9.17, 15) is 18.3 Å². The van der Waals surface area contributed by atoms with Gasteiger partial charge in [-0.15, -0.1) is 0 Å². The molecule has 0 aliphatic rings. The summed E-state index contributed by atoms with van der Waals surface area (Å²) in [6.07, 6.45) is 1.67. The first-order valence-electron chi connectivity index (χ1n) is 11.7. The molecular formula is C28H24ClN3O4S. The number of benzene rings is 3. The van der Waals surface area contributed by atoms with Gasteiger partial charge in [0.2, 0.25) is 0 Å². The molecule has 0 bridgehead atoms. The Labute approximate surface area is 219 Å². The van der Waals surface area contributed by atoms with Gasteiger partial charge in [0.25, 0.3) is 10.0 Å². The summed E-state index contributed by atoms with van der Waals surface area (Å²) in [4.78, 5) is 15.9. The first-order chi connectivity index (χ1) is 17.7. The number of aromatic nitrogens is 2. The van der Waals surface area contributed by atoms with Gasteiger partial charge in [0.1, 0.15) is 5.82 Å². The quantitative estimate of drug-likeness (QED) is 0.266. The van der Waals surface area contributed by atoms with Crippen molar-refractivity contribution < 1.29 is 18.3 Å². The van der Waals surface area contributed by atoms with Crippen LogP contribution >= 0.6 is 11.6 Å². The number of nitrogens with zero attached hydrogens (tertiary/aromatic N) is 3. The summed E-state index contributed by atoms with van der Waals surface area (Å²) in [5.41, 5.74) is 2.43. The highest BCUT2D eigenvalue weighted by Gasteiger charge is 2.29. The topological polar surface area (TPSA) is 92.5 Å². The zero-order chi connectivity index (χ0) is 26.3. The van der Waals surface area contributed by atoms with E-state index in [-0.39, 0.29) is 17.0 Å². The van der Waals surface area contributed by atoms with Crippen LogP contribution < -0.4 is 4.31 Å². The van der Waals surface area contributed by atoms with Crippen molar-refractivity contribution in [1.82, 2.24) is 9.55 Å². The second-order valence-electron chi connectivity index (χ2n) is 8.72. The molecule has 1 N–H and O–H groups in total. The van der Waals surface area contributed by atoms with Crippen LogP contribution in [0.4, 0.5) is 5.82 Å². The second-order valence-corrected chi connectivity index (χ2v) is 11.0. The van der Waals surface area contributed by atoms with Gasteiger partial charge in [0.15, 0.2) is 0 Å². The van der Waals surface area contributed by atoms with Gasteiger partial charge in [-0.2, -0.15) is 0 Å². The van der Waals surface area contributed by atoms with Crippen molar-refractivity contribution in [3.8, 4) is 0 Å². The number of carboxylic acid groups (broad SMARTS) is 1. The summed E-state index contributed by atoms with van der Waals surface area (Å²) in [7, 11) is -4.12. The maximum Gasteiger partial charge on any atom is 0.335 e. The van der Waals surface area contributed by atoms with E-state index in [1.54, 1.807) is 12.3 Å². The Morgan fingerprint density at radius 2 is 1.76 bits per heavy atom. The summed E-state index contributed by atoms with van der Waals surface area (Å²) >= 11 is 6.25. The molecule has 0 fully saturated rings. The molecule has 0 aliphatic heterocycles. The van der Waals surface area contributed by atoms with Gasteiger partial charge in [-0.3, -0.25) is 0 Å². The second kappa shape index (κ2) is 9.53. The Morgan fingerprint density at radius 1 is 1.03 bits per heavy atom. The maximum absolute atomic E-state index is 14.1. The molecule has 7 nitrogen and oxygen atoms in total. The highest BCUT2D eigenvalue weighted by molar-refractivity contribution is 7.92. The third-order valence-electron chi connectivity index (χ3n) is 6.53. The summed E-state index contributed by atoms with van der Waals surface area (Å²) in [6.45, 7) is 4.49. The van der Waals surface area contributed by atoms with Crippen molar-refractivity contribution in [2.24, 2.45) is 0 Å².